The zero-order valence-corrected chi connectivity index (χ0v) is 13.5. The SMILES string of the molecule is CCCNc1nc(Cc2ccccc2C)nc(C)c1CC. The maximum atomic E-state index is 4.76. The molecule has 0 spiro atoms. The van der Waals surface area contributed by atoms with Crippen LogP contribution in [0.1, 0.15) is 48.5 Å². The Bertz CT molecular complexity index is 605. The highest BCUT2D eigenvalue weighted by molar-refractivity contribution is 5.47. The third-order valence-electron chi connectivity index (χ3n) is 3.77. The highest BCUT2D eigenvalue weighted by Gasteiger charge is 2.11. The van der Waals surface area contributed by atoms with Gasteiger partial charge < -0.3 is 5.32 Å². The van der Waals surface area contributed by atoms with Gasteiger partial charge in [-0.3, -0.25) is 0 Å². The van der Waals surface area contributed by atoms with Crippen molar-refractivity contribution in [3.63, 3.8) is 0 Å². The van der Waals surface area contributed by atoms with Crippen LogP contribution in [0.15, 0.2) is 24.3 Å². The number of aryl methyl sites for hydroxylation is 2. The largest absolute Gasteiger partial charge is 0.370 e. The molecule has 0 radical (unpaired) electrons. The van der Waals surface area contributed by atoms with Crippen molar-refractivity contribution in [2.75, 3.05) is 11.9 Å². The Balaban J connectivity index is 2.32. The average molecular weight is 283 g/mol. The van der Waals surface area contributed by atoms with Gasteiger partial charge in [0.05, 0.1) is 0 Å². The number of benzene rings is 1. The Morgan fingerprint density at radius 1 is 1.05 bits per heavy atom. The van der Waals surface area contributed by atoms with Crippen LogP contribution < -0.4 is 5.32 Å². The van der Waals surface area contributed by atoms with E-state index in [1.54, 1.807) is 0 Å². The lowest BCUT2D eigenvalue weighted by Crippen LogP contribution is -2.11. The molecule has 0 aliphatic rings. The molecule has 2 rings (SSSR count). The molecule has 0 atom stereocenters. The summed E-state index contributed by atoms with van der Waals surface area (Å²) in [6, 6.07) is 8.44. The van der Waals surface area contributed by atoms with Crippen LogP contribution in [0.4, 0.5) is 5.82 Å². The smallest absolute Gasteiger partial charge is 0.135 e. The molecule has 1 aromatic heterocycles. The summed E-state index contributed by atoms with van der Waals surface area (Å²) in [6.45, 7) is 9.50. The van der Waals surface area contributed by atoms with Crippen molar-refractivity contribution >= 4 is 5.82 Å². The van der Waals surface area contributed by atoms with E-state index in [2.05, 4.69) is 57.3 Å². The Morgan fingerprint density at radius 2 is 1.81 bits per heavy atom. The maximum Gasteiger partial charge on any atom is 0.135 e. The molecule has 1 N–H and O–H groups in total. The molecule has 3 nitrogen and oxygen atoms in total. The minimum Gasteiger partial charge on any atom is -0.370 e. The number of anilines is 1. The van der Waals surface area contributed by atoms with Crippen LogP contribution in [0.3, 0.4) is 0 Å². The number of aromatic nitrogens is 2. The van der Waals surface area contributed by atoms with Crippen molar-refractivity contribution in [3.05, 3.63) is 52.5 Å². The van der Waals surface area contributed by atoms with Gasteiger partial charge in [-0.05, 0) is 37.8 Å². The molecule has 1 heterocycles. The predicted molar refractivity (Wildman–Crippen MR) is 88.9 cm³/mol. The lowest BCUT2D eigenvalue weighted by atomic mass is 10.1. The van der Waals surface area contributed by atoms with Gasteiger partial charge >= 0.3 is 0 Å². The standard InChI is InChI=1S/C18H25N3/c1-5-11-19-18-16(6-2)14(4)20-17(21-18)12-15-10-8-7-9-13(15)3/h7-10H,5-6,11-12H2,1-4H3,(H,19,20,21). The quantitative estimate of drug-likeness (QED) is 0.868. The summed E-state index contributed by atoms with van der Waals surface area (Å²) in [5, 5.41) is 3.44. The molecule has 0 aliphatic heterocycles. The Kier molecular flexibility index (Phi) is 5.32. The lowest BCUT2D eigenvalue weighted by molar-refractivity contribution is 0.884. The van der Waals surface area contributed by atoms with E-state index in [1.165, 1.54) is 16.7 Å². The number of rotatable bonds is 6. The van der Waals surface area contributed by atoms with E-state index in [0.29, 0.717) is 0 Å². The molecule has 0 unspecified atom stereocenters. The van der Waals surface area contributed by atoms with Crippen molar-refractivity contribution in [3.8, 4) is 0 Å². The molecular weight excluding hydrogens is 258 g/mol. The second kappa shape index (κ2) is 7.21. The molecular formula is C18H25N3. The summed E-state index contributed by atoms with van der Waals surface area (Å²) in [4.78, 5) is 9.45. The summed E-state index contributed by atoms with van der Waals surface area (Å²) in [6.07, 6.45) is 2.85. The third-order valence-corrected chi connectivity index (χ3v) is 3.77. The van der Waals surface area contributed by atoms with Gasteiger partial charge in [-0.2, -0.15) is 0 Å². The van der Waals surface area contributed by atoms with Crippen LogP contribution in [0.5, 0.6) is 0 Å². The first kappa shape index (κ1) is 15.5. The van der Waals surface area contributed by atoms with Gasteiger partial charge in [-0.1, -0.05) is 38.1 Å². The molecule has 0 bridgehead atoms. The van der Waals surface area contributed by atoms with Gasteiger partial charge in [0.15, 0.2) is 0 Å². The van der Waals surface area contributed by atoms with Crippen LogP contribution in [0.25, 0.3) is 0 Å². The summed E-state index contributed by atoms with van der Waals surface area (Å²) < 4.78 is 0. The van der Waals surface area contributed by atoms with E-state index >= 15 is 0 Å². The van der Waals surface area contributed by atoms with Crippen molar-refractivity contribution in [2.24, 2.45) is 0 Å². The van der Waals surface area contributed by atoms with Crippen molar-refractivity contribution in [2.45, 2.75) is 47.0 Å². The van der Waals surface area contributed by atoms with Crippen LogP contribution in [-0.2, 0) is 12.8 Å². The van der Waals surface area contributed by atoms with Gasteiger partial charge in [0, 0.05) is 24.2 Å². The normalized spacial score (nSPS) is 10.7. The summed E-state index contributed by atoms with van der Waals surface area (Å²) in [7, 11) is 0. The van der Waals surface area contributed by atoms with Crippen molar-refractivity contribution in [1.82, 2.24) is 9.97 Å². The molecule has 0 amide bonds. The molecule has 21 heavy (non-hydrogen) atoms. The highest BCUT2D eigenvalue weighted by Crippen LogP contribution is 2.19. The number of nitrogens with one attached hydrogen (secondary N) is 1. The molecule has 1 aromatic carbocycles. The Labute approximate surface area is 127 Å². The fourth-order valence-electron chi connectivity index (χ4n) is 2.52. The Morgan fingerprint density at radius 3 is 2.48 bits per heavy atom. The summed E-state index contributed by atoms with van der Waals surface area (Å²) in [5.41, 5.74) is 4.91. The monoisotopic (exact) mass is 283 g/mol. The number of hydrogen-bond acceptors (Lipinski definition) is 3. The van der Waals surface area contributed by atoms with Gasteiger partial charge in [-0.15, -0.1) is 0 Å². The first-order chi connectivity index (χ1) is 10.2. The number of hydrogen-bond donors (Lipinski definition) is 1. The van der Waals surface area contributed by atoms with Crippen LogP contribution in [0.2, 0.25) is 0 Å². The van der Waals surface area contributed by atoms with Gasteiger partial charge in [0.25, 0.3) is 0 Å². The highest BCUT2D eigenvalue weighted by atomic mass is 15.0. The van der Waals surface area contributed by atoms with Gasteiger partial charge in [-0.25, -0.2) is 9.97 Å². The predicted octanol–water partition coefficient (Wildman–Crippen LogP) is 4.07. The lowest BCUT2D eigenvalue weighted by Gasteiger charge is -2.14. The summed E-state index contributed by atoms with van der Waals surface area (Å²) >= 11 is 0. The molecule has 3 heteroatoms. The first-order valence-corrected chi connectivity index (χ1v) is 7.80. The fourth-order valence-corrected chi connectivity index (χ4v) is 2.52. The molecule has 112 valence electrons. The van der Waals surface area contributed by atoms with Crippen molar-refractivity contribution in [1.29, 1.82) is 0 Å². The maximum absolute atomic E-state index is 4.76. The molecule has 0 aliphatic carbocycles. The summed E-state index contributed by atoms with van der Waals surface area (Å²) in [5.74, 6) is 1.91. The minimum absolute atomic E-state index is 0.790. The van der Waals surface area contributed by atoms with E-state index in [-0.39, 0.29) is 0 Å². The topological polar surface area (TPSA) is 37.8 Å². The van der Waals surface area contributed by atoms with Crippen LogP contribution >= 0.6 is 0 Å². The first-order valence-electron chi connectivity index (χ1n) is 7.80. The van der Waals surface area contributed by atoms with Crippen LogP contribution in [-0.4, -0.2) is 16.5 Å². The molecule has 2 aromatic rings. The second-order valence-electron chi connectivity index (χ2n) is 5.44. The molecule has 0 saturated heterocycles. The van der Waals surface area contributed by atoms with E-state index in [4.69, 9.17) is 9.97 Å². The number of nitrogens with zero attached hydrogens (tertiary/aromatic N) is 2. The zero-order valence-electron chi connectivity index (χ0n) is 13.5. The zero-order chi connectivity index (χ0) is 15.2. The van der Waals surface area contributed by atoms with Crippen molar-refractivity contribution < 1.29 is 0 Å². The van der Waals surface area contributed by atoms with E-state index in [1.807, 2.05) is 0 Å². The molecule has 0 fully saturated rings. The average Bonchev–Trinajstić information content (AvgIpc) is 2.47. The fraction of sp³-hybridized carbons (Fsp3) is 0.444. The second-order valence-corrected chi connectivity index (χ2v) is 5.44. The minimum atomic E-state index is 0.790. The van der Waals surface area contributed by atoms with Gasteiger partial charge in [0.1, 0.15) is 11.6 Å². The van der Waals surface area contributed by atoms with E-state index in [9.17, 15) is 0 Å². The van der Waals surface area contributed by atoms with Crippen LogP contribution in [0, 0.1) is 13.8 Å². The van der Waals surface area contributed by atoms with Gasteiger partial charge in [0.2, 0.25) is 0 Å². The third kappa shape index (κ3) is 3.81. The molecule has 0 saturated carbocycles. The Hall–Kier alpha value is -1.90. The van der Waals surface area contributed by atoms with E-state index in [0.717, 1.165) is 43.1 Å². The van der Waals surface area contributed by atoms with E-state index < -0.39 is 0 Å².